The van der Waals surface area contributed by atoms with E-state index in [1.165, 1.54) is 28.6 Å². The van der Waals surface area contributed by atoms with Gasteiger partial charge in [0.1, 0.15) is 11.2 Å². The number of thiophene rings is 1. The third kappa shape index (κ3) is 2.02. The van der Waals surface area contributed by atoms with Gasteiger partial charge in [0.05, 0.1) is 10.2 Å². The van der Waals surface area contributed by atoms with Crippen LogP contribution in [0.2, 0.25) is 0 Å². The van der Waals surface area contributed by atoms with Gasteiger partial charge in [0.2, 0.25) is 0 Å². The molecule has 0 radical (unpaired) electrons. The molecule has 0 N–H and O–H groups in total. The molecule has 0 aromatic carbocycles. The van der Waals surface area contributed by atoms with Crippen molar-refractivity contribution in [3.8, 4) is 0 Å². The van der Waals surface area contributed by atoms with Crippen LogP contribution >= 0.6 is 11.3 Å². The van der Waals surface area contributed by atoms with Crippen LogP contribution in [0.4, 0.5) is 0 Å². The first-order valence-electron chi connectivity index (χ1n) is 7.40. The molecule has 0 atom stereocenters. The molecule has 0 aliphatic heterocycles. The lowest BCUT2D eigenvalue weighted by Crippen LogP contribution is -2.03. The van der Waals surface area contributed by atoms with Crippen molar-refractivity contribution in [1.29, 1.82) is 0 Å². The monoisotopic (exact) mass is 314 g/mol. The average Bonchev–Trinajstić information content (AvgIpc) is 3.02. The lowest BCUT2D eigenvalue weighted by Gasteiger charge is -2.11. The van der Waals surface area contributed by atoms with Crippen molar-refractivity contribution < 1.29 is 0 Å². The summed E-state index contributed by atoms with van der Waals surface area (Å²) < 4.78 is 1.02. The van der Waals surface area contributed by atoms with Gasteiger partial charge < -0.3 is 12.6 Å². The topological polar surface area (TPSA) is 38.7 Å². The summed E-state index contributed by atoms with van der Waals surface area (Å²) in [4.78, 5) is 14.7. The van der Waals surface area contributed by atoms with E-state index < -0.39 is 0 Å². The van der Waals surface area contributed by atoms with Crippen LogP contribution in [0.1, 0.15) is 37.1 Å². The largest absolute Gasteiger partial charge is 0.759 e. The predicted molar refractivity (Wildman–Crippen MR) is 88.9 cm³/mol. The molecule has 0 spiro atoms. The molecule has 0 amide bonds. The third-order valence-electron chi connectivity index (χ3n) is 4.13. The van der Waals surface area contributed by atoms with Gasteiger partial charge in [-0.25, -0.2) is 9.97 Å². The molecule has 1 aliphatic rings. The van der Waals surface area contributed by atoms with Gasteiger partial charge in [-0.3, -0.25) is 4.98 Å². The second kappa shape index (κ2) is 4.85. The van der Waals surface area contributed by atoms with E-state index in [0.29, 0.717) is 10.9 Å². The molecule has 0 saturated heterocycles. The lowest BCUT2D eigenvalue weighted by molar-refractivity contribution is 0.632. The van der Waals surface area contributed by atoms with Crippen molar-refractivity contribution in [3.63, 3.8) is 0 Å². The number of hydrogen-bond donors (Lipinski definition) is 0. The van der Waals surface area contributed by atoms with Gasteiger partial charge in [-0.15, -0.1) is 11.3 Å². The summed E-state index contributed by atoms with van der Waals surface area (Å²) in [6.07, 6.45) is 6.16. The molecular formula is C16H16N3S2-. The van der Waals surface area contributed by atoms with Crippen LogP contribution in [0.25, 0.3) is 20.4 Å². The Kier molecular flexibility index (Phi) is 3.08. The minimum Gasteiger partial charge on any atom is -0.759 e. The highest BCUT2D eigenvalue weighted by Crippen LogP contribution is 2.40. The molecule has 3 heterocycles. The maximum absolute atomic E-state index is 5.36. The molecule has 108 valence electrons. The van der Waals surface area contributed by atoms with Gasteiger partial charge in [-0.05, 0) is 42.7 Å². The van der Waals surface area contributed by atoms with Gasteiger partial charge in [0.15, 0.2) is 0 Å². The Bertz CT molecular complexity index is 852. The van der Waals surface area contributed by atoms with E-state index in [1.54, 1.807) is 17.7 Å². The highest BCUT2D eigenvalue weighted by Gasteiger charge is 2.23. The Labute approximate surface area is 133 Å². The summed E-state index contributed by atoms with van der Waals surface area (Å²) in [5.74, 6) is 0.628. The molecule has 0 unspecified atom stereocenters. The number of hydrogen-bond acceptors (Lipinski definition) is 5. The number of fused-ring (bicyclic) bond motifs is 5. The minimum atomic E-state index is 0.628. The molecule has 0 saturated carbocycles. The summed E-state index contributed by atoms with van der Waals surface area (Å²) in [7, 11) is 0. The van der Waals surface area contributed by atoms with Crippen LogP contribution in [0, 0.1) is 5.92 Å². The van der Waals surface area contributed by atoms with Gasteiger partial charge in [-0.2, -0.15) is 0 Å². The molecule has 4 rings (SSSR count). The predicted octanol–water partition coefficient (Wildman–Crippen LogP) is 3.83. The first-order chi connectivity index (χ1) is 10.1. The fourth-order valence-electron chi connectivity index (χ4n) is 3.31. The van der Waals surface area contributed by atoms with E-state index in [-0.39, 0.29) is 0 Å². The third-order valence-corrected chi connectivity index (χ3v) is 5.64. The molecule has 0 fully saturated rings. The standard InChI is InChI=1S/C16H17N3S2/c1-8(2)6-11-9-4-3-5-10(9)12-13-14(21-16(12)19-11)15(20)18-7-17-13/h7-8H,3-6H2,1-2H3,(H,17,18,20)/p-1. The van der Waals surface area contributed by atoms with Crippen molar-refractivity contribution in [1.82, 2.24) is 15.0 Å². The zero-order valence-corrected chi connectivity index (χ0v) is 13.8. The lowest BCUT2D eigenvalue weighted by atomic mass is 9.99. The van der Waals surface area contributed by atoms with Gasteiger partial charge >= 0.3 is 0 Å². The number of rotatable bonds is 2. The van der Waals surface area contributed by atoms with Crippen LogP contribution in [-0.4, -0.2) is 15.0 Å². The number of pyridine rings is 1. The van der Waals surface area contributed by atoms with Crippen LogP contribution in [0.3, 0.4) is 0 Å². The highest BCUT2D eigenvalue weighted by molar-refractivity contribution is 7.59. The second-order valence-corrected chi connectivity index (χ2v) is 7.49. The second-order valence-electron chi connectivity index (χ2n) is 6.11. The maximum atomic E-state index is 5.36. The number of aromatic nitrogens is 3. The Hall–Kier alpha value is -1.33. The Morgan fingerprint density at radius 3 is 2.86 bits per heavy atom. The summed E-state index contributed by atoms with van der Waals surface area (Å²) in [6.45, 7) is 4.51. The van der Waals surface area contributed by atoms with Crippen molar-refractivity contribution >= 4 is 44.4 Å². The van der Waals surface area contributed by atoms with Gasteiger partial charge in [0.25, 0.3) is 0 Å². The Morgan fingerprint density at radius 2 is 2.05 bits per heavy atom. The summed E-state index contributed by atoms with van der Waals surface area (Å²) in [6, 6.07) is 0. The number of aryl methyl sites for hydroxylation is 1. The Morgan fingerprint density at radius 1 is 1.24 bits per heavy atom. The van der Waals surface area contributed by atoms with Crippen LogP contribution in [0.15, 0.2) is 11.4 Å². The van der Waals surface area contributed by atoms with Crippen molar-refractivity contribution in [2.24, 2.45) is 5.92 Å². The van der Waals surface area contributed by atoms with Crippen LogP contribution < -0.4 is 0 Å². The Balaban J connectivity index is 2.09. The summed E-state index contributed by atoms with van der Waals surface area (Å²) in [5, 5.41) is 1.89. The first-order valence-corrected chi connectivity index (χ1v) is 8.62. The van der Waals surface area contributed by atoms with Gasteiger partial charge in [0, 0.05) is 11.1 Å². The minimum absolute atomic E-state index is 0.628. The molecule has 21 heavy (non-hydrogen) atoms. The van der Waals surface area contributed by atoms with E-state index in [0.717, 1.165) is 34.3 Å². The van der Waals surface area contributed by atoms with E-state index >= 15 is 0 Å². The molecule has 3 aromatic heterocycles. The highest BCUT2D eigenvalue weighted by atomic mass is 32.1. The fourth-order valence-corrected chi connectivity index (χ4v) is 4.64. The fraction of sp³-hybridized carbons (Fsp3) is 0.438. The molecule has 5 heteroatoms. The van der Waals surface area contributed by atoms with E-state index in [2.05, 4.69) is 23.8 Å². The molecule has 0 bridgehead atoms. The molecule has 3 aromatic rings. The van der Waals surface area contributed by atoms with Crippen molar-refractivity contribution in [3.05, 3.63) is 23.1 Å². The summed E-state index contributed by atoms with van der Waals surface area (Å²) >= 11 is 7.01. The molecule has 1 aliphatic carbocycles. The van der Waals surface area contributed by atoms with E-state index in [1.807, 2.05) is 0 Å². The van der Waals surface area contributed by atoms with E-state index in [4.69, 9.17) is 17.6 Å². The zero-order chi connectivity index (χ0) is 14.6. The molecule has 3 nitrogen and oxygen atoms in total. The first kappa shape index (κ1) is 13.3. The zero-order valence-electron chi connectivity index (χ0n) is 12.1. The average molecular weight is 314 g/mol. The van der Waals surface area contributed by atoms with Gasteiger partial charge in [-0.1, -0.05) is 18.9 Å². The smallest absolute Gasteiger partial charge is 0.126 e. The van der Waals surface area contributed by atoms with Crippen LogP contribution in [0.5, 0.6) is 0 Å². The SMILES string of the molecule is CC(C)Cc1nc2sc3c([S-])ncnc3c2c2c1CCC2. The van der Waals surface area contributed by atoms with E-state index in [9.17, 15) is 0 Å². The van der Waals surface area contributed by atoms with Crippen molar-refractivity contribution in [2.45, 2.75) is 44.6 Å². The normalized spacial score (nSPS) is 14.4. The summed E-state index contributed by atoms with van der Waals surface area (Å²) in [5.41, 5.74) is 5.24. The quantitative estimate of drug-likeness (QED) is 0.532. The maximum Gasteiger partial charge on any atom is 0.126 e. The van der Waals surface area contributed by atoms with Crippen molar-refractivity contribution in [2.75, 3.05) is 0 Å². The van der Waals surface area contributed by atoms with Crippen LogP contribution in [-0.2, 0) is 31.9 Å². The number of nitrogens with zero attached hydrogens (tertiary/aromatic N) is 3. The molecular weight excluding hydrogens is 298 g/mol.